The minimum absolute atomic E-state index is 0. The number of halogens is 2. The van der Waals surface area contributed by atoms with Gasteiger partial charge in [0.25, 0.3) is 0 Å². The van der Waals surface area contributed by atoms with Gasteiger partial charge in [-0.25, -0.2) is 0 Å². The Hall–Kier alpha value is 1.17. The van der Waals surface area contributed by atoms with Crippen LogP contribution in [-0.2, 0) is 0 Å². The van der Waals surface area contributed by atoms with Gasteiger partial charge in [-0.2, -0.15) is 0 Å². The van der Waals surface area contributed by atoms with Gasteiger partial charge in [0.15, 0.2) is 0 Å². The number of quaternary nitrogens is 1. The zero-order valence-corrected chi connectivity index (χ0v) is 17.8. The van der Waals surface area contributed by atoms with Crippen LogP contribution in [0.3, 0.4) is 0 Å². The highest BCUT2D eigenvalue weighted by Gasteiger charge is 2.25. The summed E-state index contributed by atoms with van der Waals surface area (Å²) in [6, 6.07) is 0. The molecule has 20 heavy (non-hydrogen) atoms. The second-order valence-corrected chi connectivity index (χ2v) is 6.84. The molecule has 0 aliphatic heterocycles. The Bertz CT molecular complexity index is 161. The first-order valence-corrected chi connectivity index (χ1v) is 9.77. The number of hydrogen-bond donors (Lipinski definition) is 0. The van der Waals surface area contributed by atoms with Crippen molar-refractivity contribution in [1.82, 2.24) is 0 Å². The lowest BCUT2D eigenvalue weighted by atomic mass is 10.1. The predicted octanol–water partition coefficient (Wildman–Crippen LogP) is 2.77. The van der Waals surface area contributed by atoms with Gasteiger partial charge >= 0.3 is 0 Å². The maximum atomic E-state index is 3.70. The smallest absolute Gasteiger partial charge is 0.0885 e. The molecule has 0 saturated carbocycles. The molecule has 0 aromatic rings. The van der Waals surface area contributed by atoms with E-state index < -0.39 is 0 Å². The van der Waals surface area contributed by atoms with Crippen LogP contribution in [0.1, 0.15) is 78.6 Å². The third-order valence-corrected chi connectivity index (χ3v) is 4.62. The zero-order valence-electron chi connectivity index (χ0n) is 14.1. The highest BCUT2D eigenvalue weighted by molar-refractivity contribution is 9.09. The topological polar surface area (TPSA) is 0 Å². The molecule has 0 saturated heterocycles. The van der Waals surface area contributed by atoms with Crippen LogP contribution in [0.25, 0.3) is 0 Å². The van der Waals surface area contributed by atoms with Crippen LogP contribution in [0.2, 0.25) is 0 Å². The molecule has 0 radical (unpaired) electrons. The minimum Gasteiger partial charge on any atom is -1.00 e. The van der Waals surface area contributed by atoms with Crippen molar-refractivity contribution in [2.75, 3.05) is 31.5 Å². The van der Waals surface area contributed by atoms with Crippen molar-refractivity contribution in [2.45, 2.75) is 78.6 Å². The average Bonchev–Trinajstić information content (AvgIpc) is 2.40. The van der Waals surface area contributed by atoms with E-state index in [4.69, 9.17) is 0 Å². The fourth-order valence-corrected chi connectivity index (χ4v) is 3.69. The first-order chi connectivity index (χ1) is 9.24. The fraction of sp³-hybridized carbons (Fsp3) is 1.00. The first kappa shape index (κ1) is 23.4. The van der Waals surface area contributed by atoms with Crippen LogP contribution in [0.5, 0.6) is 0 Å². The van der Waals surface area contributed by atoms with E-state index in [2.05, 4.69) is 36.7 Å². The number of hydrogen-bond acceptors (Lipinski definition) is 0. The lowest BCUT2D eigenvalue weighted by Gasteiger charge is -2.39. The molecule has 0 fully saturated rings. The molecule has 0 N–H and O–H groups in total. The van der Waals surface area contributed by atoms with Gasteiger partial charge in [-0.1, -0.05) is 56.0 Å². The molecule has 3 heteroatoms. The summed E-state index contributed by atoms with van der Waals surface area (Å²) in [5.41, 5.74) is 0. The second kappa shape index (κ2) is 16.5. The van der Waals surface area contributed by atoms with Crippen LogP contribution in [0.4, 0.5) is 0 Å². The standard InChI is InChI=1S/C17H37BrN.HI/c1-4-7-10-14-19(17-13-18,15-11-8-5-2)16-12-9-6-3;/h4-17H2,1-3H3;1H/q+1;/p-1. The third kappa shape index (κ3) is 11.8. The second-order valence-electron chi connectivity index (χ2n) is 6.05. The van der Waals surface area contributed by atoms with Crippen LogP contribution in [0, 0.1) is 0 Å². The van der Waals surface area contributed by atoms with Crippen LogP contribution in [-0.4, -0.2) is 36.0 Å². The first-order valence-electron chi connectivity index (χ1n) is 8.65. The van der Waals surface area contributed by atoms with E-state index in [0.29, 0.717) is 0 Å². The third-order valence-electron chi connectivity index (χ3n) is 4.27. The maximum absolute atomic E-state index is 3.70. The van der Waals surface area contributed by atoms with Crippen molar-refractivity contribution in [3.05, 3.63) is 0 Å². The summed E-state index contributed by atoms with van der Waals surface area (Å²) in [7, 11) is 0. The number of nitrogens with zero attached hydrogens (tertiary/aromatic N) is 1. The Morgan fingerprint density at radius 3 is 1.20 bits per heavy atom. The minimum atomic E-state index is 0. The monoisotopic (exact) mass is 461 g/mol. The molecule has 0 aromatic heterocycles. The maximum Gasteiger partial charge on any atom is 0.0885 e. The molecule has 0 spiro atoms. The van der Waals surface area contributed by atoms with Crippen LogP contribution >= 0.6 is 15.9 Å². The molecule has 0 unspecified atom stereocenters. The molecule has 0 aliphatic carbocycles. The van der Waals surface area contributed by atoms with E-state index in [1.54, 1.807) is 0 Å². The molecular weight excluding hydrogens is 425 g/mol. The molecule has 0 atom stereocenters. The molecule has 124 valence electrons. The van der Waals surface area contributed by atoms with Gasteiger partial charge in [-0.05, 0) is 38.5 Å². The molecule has 0 heterocycles. The predicted molar refractivity (Wildman–Crippen MR) is 92.1 cm³/mol. The average molecular weight is 462 g/mol. The summed E-state index contributed by atoms with van der Waals surface area (Å²) in [5.74, 6) is 0. The van der Waals surface area contributed by atoms with Gasteiger partial charge in [-0.3, -0.25) is 0 Å². The molecular formula is C17H37BrIN. The van der Waals surface area contributed by atoms with Crippen molar-refractivity contribution >= 4 is 15.9 Å². The molecule has 0 bridgehead atoms. The van der Waals surface area contributed by atoms with E-state index in [0.717, 1.165) is 5.33 Å². The Balaban J connectivity index is 0. The van der Waals surface area contributed by atoms with Gasteiger partial charge in [0, 0.05) is 0 Å². The van der Waals surface area contributed by atoms with E-state index in [1.807, 2.05) is 0 Å². The van der Waals surface area contributed by atoms with Gasteiger partial charge in [0.05, 0.1) is 31.5 Å². The highest BCUT2D eigenvalue weighted by atomic mass is 127. The van der Waals surface area contributed by atoms with Crippen molar-refractivity contribution in [3.63, 3.8) is 0 Å². The molecule has 0 aromatic carbocycles. The number of unbranched alkanes of at least 4 members (excludes halogenated alkanes) is 6. The van der Waals surface area contributed by atoms with Crippen LogP contribution in [0.15, 0.2) is 0 Å². The van der Waals surface area contributed by atoms with Crippen molar-refractivity contribution in [2.24, 2.45) is 0 Å². The molecule has 0 rings (SSSR count). The van der Waals surface area contributed by atoms with Crippen molar-refractivity contribution in [1.29, 1.82) is 0 Å². The SMILES string of the molecule is CCCCC[N+](CCBr)(CCCCC)CCCCC.[I-]. The Morgan fingerprint density at radius 2 is 0.950 bits per heavy atom. The lowest BCUT2D eigenvalue weighted by Crippen LogP contribution is -3.00. The fourth-order valence-electron chi connectivity index (χ4n) is 2.94. The normalized spacial score (nSPS) is 11.4. The number of alkyl halides is 1. The summed E-state index contributed by atoms with van der Waals surface area (Å²) >= 11 is 3.70. The molecule has 1 nitrogen and oxygen atoms in total. The summed E-state index contributed by atoms with van der Waals surface area (Å²) in [6.45, 7) is 12.5. The van der Waals surface area contributed by atoms with Crippen LogP contribution < -0.4 is 24.0 Å². The quantitative estimate of drug-likeness (QED) is 0.161. The number of rotatable bonds is 14. The largest absolute Gasteiger partial charge is 1.00 e. The lowest BCUT2D eigenvalue weighted by molar-refractivity contribution is -0.926. The summed E-state index contributed by atoms with van der Waals surface area (Å²) < 4.78 is 1.38. The van der Waals surface area contributed by atoms with Gasteiger partial charge in [-0.15, -0.1) is 0 Å². The Kier molecular flexibility index (Phi) is 19.4. The van der Waals surface area contributed by atoms with E-state index in [-0.39, 0.29) is 24.0 Å². The van der Waals surface area contributed by atoms with Crippen molar-refractivity contribution < 1.29 is 28.5 Å². The van der Waals surface area contributed by atoms with Crippen molar-refractivity contribution in [3.8, 4) is 0 Å². The molecule has 0 amide bonds. The van der Waals surface area contributed by atoms with E-state index in [9.17, 15) is 0 Å². The summed E-state index contributed by atoms with van der Waals surface area (Å²) in [4.78, 5) is 0. The Morgan fingerprint density at radius 1 is 0.600 bits per heavy atom. The van der Waals surface area contributed by atoms with Gasteiger partial charge < -0.3 is 28.5 Å². The highest BCUT2D eigenvalue weighted by Crippen LogP contribution is 2.16. The summed E-state index contributed by atoms with van der Waals surface area (Å²) in [6.07, 6.45) is 12.5. The summed E-state index contributed by atoms with van der Waals surface area (Å²) in [5, 5.41) is 1.16. The van der Waals surface area contributed by atoms with Gasteiger partial charge in [0.1, 0.15) is 0 Å². The van der Waals surface area contributed by atoms with Gasteiger partial charge in [0.2, 0.25) is 0 Å². The molecule has 0 aliphatic rings. The zero-order chi connectivity index (χ0) is 14.4. The van der Waals surface area contributed by atoms with E-state index in [1.165, 1.54) is 88.4 Å². The Labute approximate surface area is 154 Å². The van der Waals surface area contributed by atoms with E-state index >= 15 is 0 Å².